The molecular weight excluding hydrogens is 186 g/mol. The fourth-order valence-corrected chi connectivity index (χ4v) is 1.73. The first kappa shape index (κ1) is 12.0. The molecule has 1 heterocycles. The zero-order valence-corrected chi connectivity index (χ0v) is 9.95. The fourth-order valence-electron chi connectivity index (χ4n) is 1.73. The van der Waals surface area contributed by atoms with E-state index in [2.05, 4.69) is 35.1 Å². The molecule has 15 heavy (non-hydrogen) atoms. The van der Waals surface area contributed by atoms with Crippen LogP contribution in [0.5, 0.6) is 0 Å². The van der Waals surface area contributed by atoms with Gasteiger partial charge in [-0.05, 0) is 26.5 Å². The Hall–Kier alpha value is -1.09. The van der Waals surface area contributed by atoms with Crippen LogP contribution < -0.4 is 10.2 Å². The molecule has 1 rings (SSSR count). The van der Waals surface area contributed by atoms with Crippen molar-refractivity contribution < 1.29 is 0 Å². The molecule has 0 amide bonds. The van der Waals surface area contributed by atoms with Crippen molar-refractivity contribution in [2.75, 3.05) is 25.0 Å². The molecular formula is C12H21N3. The predicted molar refractivity (Wildman–Crippen MR) is 65.2 cm³/mol. The van der Waals surface area contributed by atoms with Gasteiger partial charge in [-0.15, -0.1) is 0 Å². The van der Waals surface area contributed by atoms with E-state index >= 15 is 0 Å². The standard InChI is InChI=1S/C12H21N3/c1-4-9-15(5-2)12-11(10-13-3)7-6-8-14-12/h6-8,13H,4-5,9-10H2,1-3H3. The topological polar surface area (TPSA) is 28.2 Å². The van der Waals surface area contributed by atoms with Gasteiger partial charge in [-0.3, -0.25) is 0 Å². The van der Waals surface area contributed by atoms with Crippen molar-refractivity contribution in [2.24, 2.45) is 0 Å². The van der Waals surface area contributed by atoms with E-state index in [1.54, 1.807) is 0 Å². The van der Waals surface area contributed by atoms with E-state index in [4.69, 9.17) is 0 Å². The molecule has 0 saturated carbocycles. The van der Waals surface area contributed by atoms with Gasteiger partial charge in [0.1, 0.15) is 5.82 Å². The van der Waals surface area contributed by atoms with Crippen LogP contribution in [0.3, 0.4) is 0 Å². The lowest BCUT2D eigenvalue weighted by Crippen LogP contribution is -2.26. The minimum absolute atomic E-state index is 0.878. The second kappa shape index (κ2) is 6.40. The Morgan fingerprint density at radius 1 is 1.40 bits per heavy atom. The van der Waals surface area contributed by atoms with Gasteiger partial charge < -0.3 is 10.2 Å². The number of nitrogens with one attached hydrogen (secondary N) is 1. The van der Waals surface area contributed by atoms with Gasteiger partial charge in [-0.1, -0.05) is 13.0 Å². The van der Waals surface area contributed by atoms with E-state index < -0.39 is 0 Å². The van der Waals surface area contributed by atoms with E-state index in [-0.39, 0.29) is 0 Å². The maximum Gasteiger partial charge on any atom is 0.132 e. The van der Waals surface area contributed by atoms with Crippen molar-refractivity contribution in [3.05, 3.63) is 23.9 Å². The summed E-state index contributed by atoms with van der Waals surface area (Å²) in [6.07, 6.45) is 3.02. The van der Waals surface area contributed by atoms with Crippen LogP contribution in [-0.2, 0) is 6.54 Å². The van der Waals surface area contributed by atoms with Crippen molar-refractivity contribution >= 4 is 5.82 Å². The second-order valence-electron chi connectivity index (χ2n) is 3.60. The third-order valence-electron chi connectivity index (χ3n) is 2.41. The number of nitrogens with zero attached hydrogens (tertiary/aromatic N) is 2. The maximum atomic E-state index is 4.47. The predicted octanol–water partition coefficient (Wildman–Crippen LogP) is 2.04. The molecule has 0 fully saturated rings. The molecule has 0 aliphatic heterocycles. The fraction of sp³-hybridized carbons (Fsp3) is 0.583. The van der Waals surface area contributed by atoms with Gasteiger partial charge in [-0.25, -0.2) is 4.98 Å². The monoisotopic (exact) mass is 207 g/mol. The van der Waals surface area contributed by atoms with Crippen LogP contribution >= 0.6 is 0 Å². The zero-order chi connectivity index (χ0) is 11.1. The first-order valence-corrected chi connectivity index (χ1v) is 5.66. The van der Waals surface area contributed by atoms with Crippen LogP contribution in [0.25, 0.3) is 0 Å². The minimum atomic E-state index is 0.878. The summed E-state index contributed by atoms with van der Waals surface area (Å²) in [7, 11) is 1.97. The summed E-state index contributed by atoms with van der Waals surface area (Å²) >= 11 is 0. The summed E-state index contributed by atoms with van der Waals surface area (Å²) in [5.41, 5.74) is 1.27. The Bertz CT molecular complexity index is 286. The molecule has 1 aromatic heterocycles. The molecule has 1 N–H and O–H groups in total. The number of rotatable bonds is 6. The Morgan fingerprint density at radius 2 is 2.20 bits per heavy atom. The molecule has 0 spiro atoms. The highest BCUT2D eigenvalue weighted by Gasteiger charge is 2.08. The van der Waals surface area contributed by atoms with Crippen LogP contribution in [0.4, 0.5) is 5.82 Å². The van der Waals surface area contributed by atoms with Crippen LogP contribution in [0.1, 0.15) is 25.8 Å². The molecule has 0 aromatic carbocycles. The SMILES string of the molecule is CCCN(CC)c1ncccc1CNC. The first-order valence-electron chi connectivity index (χ1n) is 5.66. The minimum Gasteiger partial charge on any atom is -0.357 e. The maximum absolute atomic E-state index is 4.47. The number of hydrogen-bond donors (Lipinski definition) is 1. The molecule has 0 aliphatic rings. The summed E-state index contributed by atoms with van der Waals surface area (Å²) in [4.78, 5) is 6.80. The third-order valence-corrected chi connectivity index (χ3v) is 2.41. The quantitative estimate of drug-likeness (QED) is 0.773. The smallest absolute Gasteiger partial charge is 0.132 e. The van der Waals surface area contributed by atoms with Gasteiger partial charge >= 0.3 is 0 Å². The van der Waals surface area contributed by atoms with Gasteiger partial charge in [0.15, 0.2) is 0 Å². The van der Waals surface area contributed by atoms with Gasteiger partial charge in [0.2, 0.25) is 0 Å². The van der Waals surface area contributed by atoms with Crippen molar-refractivity contribution in [3.8, 4) is 0 Å². The van der Waals surface area contributed by atoms with Gasteiger partial charge in [0.25, 0.3) is 0 Å². The lowest BCUT2D eigenvalue weighted by Gasteiger charge is -2.23. The number of hydrogen-bond acceptors (Lipinski definition) is 3. The Labute approximate surface area is 92.5 Å². The molecule has 0 unspecified atom stereocenters. The molecule has 84 valence electrons. The van der Waals surface area contributed by atoms with Crippen LogP contribution in [0.15, 0.2) is 18.3 Å². The zero-order valence-electron chi connectivity index (χ0n) is 9.95. The molecule has 0 atom stereocenters. The van der Waals surface area contributed by atoms with Crippen molar-refractivity contribution in [2.45, 2.75) is 26.8 Å². The Balaban J connectivity index is 2.88. The number of pyridine rings is 1. The van der Waals surface area contributed by atoms with Crippen LogP contribution in [0, 0.1) is 0 Å². The van der Waals surface area contributed by atoms with E-state index in [1.165, 1.54) is 5.56 Å². The first-order chi connectivity index (χ1) is 7.33. The number of aromatic nitrogens is 1. The highest BCUT2D eigenvalue weighted by molar-refractivity contribution is 5.46. The molecule has 0 saturated heterocycles. The average Bonchev–Trinajstić information content (AvgIpc) is 2.27. The van der Waals surface area contributed by atoms with Gasteiger partial charge in [0, 0.05) is 31.4 Å². The second-order valence-corrected chi connectivity index (χ2v) is 3.60. The lowest BCUT2D eigenvalue weighted by atomic mass is 10.2. The highest BCUT2D eigenvalue weighted by Crippen LogP contribution is 2.16. The molecule has 3 heteroatoms. The highest BCUT2D eigenvalue weighted by atomic mass is 15.2. The summed E-state index contributed by atoms with van der Waals surface area (Å²) < 4.78 is 0. The summed E-state index contributed by atoms with van der Waals surface area (Å²) in [6, 6.07) is 4.13. The summed E-state index contributed by atoms with van der Waals surface area (Å²) in [5.74, 6) is 1.12. The normalized spacial score (nSPS) is 10.3. The largest absolute Gasteiger partial charge is 0.357 e. The van der Waals surface area contributed by atoms with E-state index in [0.717, 1.165) is 31.9 Å². The average molecular weight is 207 g/mol. The van der Waals surface area contributed by atoms with Crippen LogP contribution in [0.2, 0.25) is 0 Å². The number of anilines is 1. The van der Waals surface area contributed by atoms with Crippen molar-refractivity contribution in [1.82, 2.24) is 10.3 Å². The van der Waals surface area contributed by atoms with Crippen LogP contribution in [-0.4, -0.2) is 25.1 Å². The summed E-state index contributed by atoms with van der Waals surface area (Å²) in [6.45, 7) is 7.34. The van der Waals surface area contributed by atoms with E-state index in [9.17, 15) is 0 Å². The van der Waals surface area contributed by atoms with Crippen molar-refractivity contribution in [1.29, 1.82) is 0 Å². The van der Waals surface area contributed by atoms with Gasteiger partial charge in [-0.2, -0.15) is 0 Å². The van der Waals surface area contributed by atoms with Crippen molar-refractivity contribution in [3.63, 3.8) is 0 Å². The Morgan fingerprint density at radius 3 is 2.80 bits per heavy atom. The molecule has 0 radical (unpaired) electrons. The molecule has 1 aromatic rings. The lowest BCUT2D eigenvalue weighted by molar-refractivity contribution is 0.752. The van der Waals surface area contributed by atoms with E-state index in [1.807, 2.05) is 19.3 Å². The third kappa shape index (κ3) is 3.20. The van der Waals surface area contributed by atoms with Gasteiger partial charge in [0.05, 0.1) is 0 Å². The summed E-state index contributed by atoms with van der Waals surface area (Å²) in [5, 5.41) is 3.18. The van der Waals surface area contributed by atoms with E-state index in [0.29, 0.717) is 0 Å². The Kier molecular flexibility index (Phi) is 5.12. The molecule has 3 nitrogen and oxygen atoms in total. The molecule has 0 aliphatic carbocycles. The molecule has 0 bridgehead atoms.